The fourth-order valence-electron chi connectivity index (χ4n) is 4.03. The maximum atomic E-state index is 12.8. The van der Waals surface area contributed by atoms with E-state index >= 15 is 0 Å². The van der Waals surface area contributed by atoms with Crippen LogP contribution in [0, 0.1) is 11.8 Å². The third kappa shape index (κ3) is 3.39. The predicted octanol–water partition coefficient (Wildman–Crippen LogP) is 1.48. The zero-order valence-electron chi connectivity index (χ0n) is 14.3. The van der Waals surface area contributed by atoms with Crippen LogP contribution >= 0.6 is 0 Å². The van der Waals surface area contributed by atoms with Gasteiger partial charge in [-0.1, -0.05) is 12.5 Å². The van der Waals surface area contributed by atoms with Gasteiger partial charge in [-0.25, -0.2) is 17.9 Å². The minimum Gasteiger partial charge on any atom is -0.480 e. The molecule has 2 aliphatic rings. The normalized spacial score (nSPS) is 25.1. The molecule has 7 nitrogen and oxygen atoms in total. The molecule has 1 amide bonds. The van der Waals surface area contributed by atoms with Gasteiger partial charge in [0.25, 0.3) is 5.91 Å². The van der Waals surface area contributed by atoms with Gasteiger partial charge in [-0.2, -0.15) is 0 Å². The van der Waals surface area contributed by atoms with Crippen molar-refractivity contribution in [3.05, 3.63) is 42.5 Å². The van der Waals surface area contributed by atoms with Crippen LogP contribution in [0.2, 0.25) is 0 Å². The van der Waals surface area contributed by atoms with Crippen LogP contribution in [-0.2, 0) is 14.8 Å². The molecule has 0 bridgehead atoms. The first kappa shape index (κ1) is 18.6. The average Bonchev–Trinajstić information content (AvgIpc) is 3.20. The second-order valence-electron chi connectivity index (χ2n) is 6.76. The highest BCUT2D eigenvalue weighted by atomic mass is 32.2. The molecule has 3 atom stereocenters. The zero-order valence-corrected chi connectivity index (χ0v) is 15.1. The van der Waals surface area contributed by atoms with Crippen LogP contribution < -0.4 is 4.72 Å². The highest BCUT2D eigenvalue weighted by molar-refractivity contribution is 7.89. The number of amides is 1. The Bertz CT molecular complexity index is 818. The molecule has 1 aromatic rings. The first-order valence-electron chi connectivity index (χ1n) is 8.59. The predicted molar refractivity (Wildman–Crippen MR) is 95.1 cm³/mol. The van der Waals surface area contributed by atoms with Crippen LogP contribution in [-0.4, -0.2) is 49.4 Å². The molecule has 2 N–H and O–H groups in total. The van der Waals surface area contributed by atoms with E-state index in [0.717, 1.165) is 19.3 Å². The molecule has 1 aliphatic carbocycles. The maximum Gasteiger partial charge on any atom is 0.326 e. The summed E-state index contributed by atoms with van der Waals surface area (Å²) >= 11 is 0. The average molecular weight is 378 g/mol. The summed E-state index contributed by atoms with van der Waals surface area (Å²) in [6.45, 7) is 4.02. The van der Waals surface area contributed by atoms with Gasteiger partial charge in [-0.15, -0.1) is 6.58 Å². The number of carboxylic acid groups (broad SMARTS) is 1. The lowest BCUT2D eigenvalue weighted by atomic mass is 9.94. The number of carbonyl (C=O) groups excluding carboxylic acids is 1. The molecule has 26 heavy (non-hydrogen) atoms. The highest BCUT2D eigenvalue weighted by Gasteiger charge is 2.49. The fraction of sp³-hybridized carbons (Fsp3) is 0.444. The number of aliphatic carboxylic acids is 1. The number of fused-ring (bicyclic) bond motifs is 1. The lowest BCUT2D eigenvalue weighted by Gasteiger charge is -2.24. The summed E-state index contributed by atoms with van der Waals surface area (Å²) in [5, 5.41) is 9.57. The van der Waals surface area contributed by atoms with Crippen molar-refractivity contribution in [2.45, 2.75) is 30.2 Å². The number of carboxylic acids is 1. The van der Waals surface area contributed by atoms with Crippen molar-refractivity contribution in [1.82, 2.24) is 9.62 Å². The first-order chi connectivity index (χ1) is 12.3. The van der Waals surface area contributed by atoms with E-state index in [1.807, 2.05) is 0 Å². The van der Waals surface area contributed by atoms with Crippen LogP contribution in [0.5, 0.6) is 0 Å². The molecule has 1 saturated carbocycles. The Hall–Kier alpha value is -2.19. The summed E-state index contributed by atoms with van der Waals surface area (Å²) in [5.41, 5.74) is 0.291. The number of hydrogen-bond donors (Lipinski definition) is 2. The molecule has 8 heteroatoms. The number of rotatable bonds is 6. The van der Waals surface area contributed by atoms with Gasteiger partial charge in [0.15, 0.2) is 0 Å². The van der Waals surface area contributed by atoms with Crippen molar-refractivity contribution in [3.8, 4) is 0 Å². The molecule has 1 aliphatic heterocycles. The van der Waals surface area contributed by atoms with Gasteiger partial charge < -0.3 is 10.0 Å². The summed E-state index contributed by atoms with van der Waals surface area (Å²) in [6, 6.07) is 4.76. The van der Waals surface area contributed by atoms with Crippen molar-refractivity contribution < 1.29 is 23.1 Å². The quantitative estimate of drug-likeness (QED) is 0.730. The first-order valence-corrected chi connectivity index (χ1v) is 10.1. The summed E-state index contributed by atoms with van der Waals surface area (Å²) < 4.78 is 26.5. The van der Waals surface area contributed by atoms with Crippen LogP contribution in [0.15, 0.2) is 41.8 Å². The smallest absolute Gasteiger partial charge is 0.326 e. The number of nitrogens with zero attached hydrogens (tertiary/aromatic N) is 1. The van der Waals surface area contributed by atoms with Crippen molar-refractivity contribution >= 4 is 21.9 Å². The number of sulfonamides is 1. The number of hydrogen-bond acceptors (Lipinski definition) is 4. The Balaban J connectivity index is 1.80. The summed E-state index contributed by atoms with van der Waals surface area (Å²) in [5.74, 6) is -1.09. The van der Waals surface area contributed by atoms with Crippen LogP contribution in [0.1, 0.15) is 29.6 Å². The second kappa shape index (κ2) is 7.20. The molecule has 140 valence electrons. The number of likely N-dealkylation sites (tertiary alicyclic amines) is 1. The molecular weight excluding hydrogens is 356 g/mol. The van der Waals surface area contributed by atoms with Crippen molar-refractivity contribution in [1.29, 1.82) is 0 Å². The third-order valence-corrected chi connectivity index (χ3v) is 6.67. The van der Waals surface area contributed by atoms with Crippen LogP contribution in [0.3, 0.4) is 0 Å². The Morgan fingerprint density at radius 3 is 2.58 bits per heavy atom. The van der Waals surface area contributed by atoms with Gasteiger partial charge in [0.1, 0.15) is 6.04 Å². The van der Waals surface area contributed by atoms with Crippen LogP contribution in [0.25, 0.3) is 0 Å². The van der Waals surface area contributed by atoms with Crippen molar-refractivity contribution in [2.75, 3.05) is 13.1 Å². The SMILES string of the molecule is C=CCNS(=O)(=O)c1ccc(C(=O)N2CC3CCCC3C2C(=O)O)cc1. The zero-order chi connectivity index (χ0) is 18.9. The number of nitrogens with one attached hydrogen (secondary N) is 1. The molecule has 0 radical (unpaired) electrons. The number of carbonyl (C=O) groups is 2. The van der Waals surface area contributed by atoms with Crippen LogP contribution in [0.4, 0.5) is 0 Å². The summed E-state index contributed by atoms with van der Waals surface area (Å²) in [7, 11) is -3.66. The van der Waals surface area contributed by atoms with E-state index in [-0.39, 0.29) is 29.2 Å². The molecule has 1 heterocycles. The topological polar surface area (TPSA) is 104 Å². The van der Waals surface area contributed by atoms with E-state index in [2.05, 4.69) is 11.3 Å². The lowest BCUT2D eigenvalue weighted by Crippen LogP contribution is -2.43. The fourth-order valence-corrected chi connectivity index (χ4v) is 5.02. The second-order valence-corrected chi connectivity index (χ2v) is 8.53. The van der Waals surface area contributed by atoms with E-state index in [4.69, 9.17) is 0 Å². The van der Waals surface area contributed by atoms with Crippen molar-refractivity contribution in [2.24, 2.45) is 11.8 Å². The highest BCUT2D eigenvalue weighted by Crippen LogP contribution is 2.42. The number of benzene rings is 1. The standard InChI is InChI=1S/C18H22N2O5S/c1-2-10-19-26(24,25)14-8-6-12(7-9-14)17(21)20-11-13-4-3-5-15(13)16(20)18(22)23/h2,6-9,13,15-16,19H,1,3-5,10-11H2,(H,22,23). The third-order valence-electron chi connectivity index (χ3n) is 5.23. The minimum atomic E-state index is -3.66. The van der Waals surface area contributed by atoms with E-state index in [0.29, 0.717) is 12.1 Å². The molecule has 1 saturated heterocycles. The van der Waals surface area contributed by atoms with Gasteiger partial charge >= 0.3 is 5.97 Å². The monoisotopic (exact) mass is 378 g/mol. The Kier molecular flexibility index (Phi) is 5.15. The summed E-state index contributed by atoms with van der Waals surface area (Å²) in [6.07, 6.45) is 4.22. The molecule has 0 aromatic heterocycles. The largest absolute Gasteiger partial charge is 0.480 e. The van der Waals surface area contributed by atoms with E-state index in [1.165, 1.54) is 35.2 Å². The Morgan fingerprint density at radius 2 is 1.96 bits per heavy atom. The van der Waals surface area contributed by atoms with Gasteiger partial charge in [0, 0.05) is 18.7 Å². The summed E-state index contributed by atoms with van der Waals surface area (Å²) in [4.78, 5) is 26.0. The van der Waals surface area contributed by atoms with Crippen molar-refractivity contribution in [3.63, 3.8) is 0 Å². The lowest BCUT2D eigenvalue weighted by molar-refractivity contribution is -0.142. The molecule has 1 aromatic carbocycles. The molecule has 3 rings (SSSR count). The van der Waals surface area contributed by atoms with E-state index < -0.39 is 22.0 Å². The van der Waals surface area contributed by atoms with Gasteiger partial charge in [-0.05, 0) is 48.9 Å². The maximum absolute atomic E-state index is 12.8. The Labute approximate surface area is 152 Å². The Morgan fingerprint density at radius 1 is 1.27 bits per heavy atom. The molecule has 2 fully saturated rings. The van der Waals surface area contributed by atoms with E-state index in [9.17, 15) is 23.1 Å². The minimum absolute atomic E-state index is 0.0132. The van der Waals surface area contributed by atoms with Gasteiger partial charge in [-0.3, -0.25) is 4.79 Å². The van der Waals surface area contributed by atoms with Gasteiger partial charge in [0.05, 0.1) is 4.90 Å². The molecule has 3 unspecified atom stereocenters. The van der Waals surface area contributed by atoms with Gasteiger partial charge in [0.2, 0.25) is 10.0 Å². The molecule has 0 spiro atoms. The molecular formula is C18H22N2O5S. The van der Waals surface area contributed by atoms with E-state index in [1.54, 1.807) is 0 Å².